The minimum atomic E-state index is -4.43. The normalized spacial score (nSPS) is 20.6. The zero-order valence-corrected chi connectivity index (χ0v) is 13.3. The largest absolute Gasteiger partial charge is 0.483 e. The third kappa shape index (κ3) is 2.60. The zero-order chi connectivity index (χ0) is 17.0. The molecule has 2 aliphatic heterocycles. The summed E-state index contributed by atoms with van der Waals surface area (Å²) in [6.45, 7) is 6.04. The smallest absolute Gasteiger partial charge is 0.416 e. The van der Waals surface area contributed by atoms with Crippen LogP contribution < -0.4 is 4.74 Å². The molecule has 124 valence electrons. The van der Waals surface area contributed by atoms with Gasteiger partial charge >= 0.3 is 6.18 Å². The molecular formula is C17H18F3NO2. The van der Waals surface area contributed by atoms with Crippen LogP contribution in [0.3, 0.4) is 0 Å². The van der Waals surface area contributed by atoms with E-state index in [-0.39, 0.29) is 5.91 Å². The van der Waals surface area contributed by atoms with Gasteiger partial charge in [0.1, 0.15) is 11.4 Å². The Kier molecular flexibility index (Phi) is 3.46. The Labute approximate surface area is 132 Å². The fourth-order valence-electron chi connectivity index (χ4n) is 3.05. The highest BCUT2D eigenvalue weighted by Gasteiger charge is 2.39. The summed E-state index contributed by atoms with van der Waals surface area (Å²) in [6, 6.07) is 3.43. The number of rotatable bonds is 1. The van der Waals surface area contributed by atoms with Crippen LogP contribution in [0, 0.1) is 0 Å². The molecular weight excluding hydrogens is 307 g/mol. The molecule has 2 heterocycles. The first-order valence-corrected chi connectivity index (χ1v) is 7.53. The van der Waals surface area contributed by atoms with E-state index in [1.54, 1.807) is 4.90 Å². The topological polar surface area (TPSA) is 29.5 Å². The van der Waals surface area contributed by atoms with Crippen LogP contribution in [-0.2, 0) is 11.0 Å². The van der Waals surface area contributed by atoms with E-state index in [1.807, 2.05) is 20.8 Å². The summed E-state index contributed by atoms with van der Waals surface area (Å²) in [4.78, 5) is 13.7. The number of carbonyl (C=O) groups is 1. The van der Waals surface area contributed by atoms with Gasteiger partial charge in [0.05, 0.1) is 11.3 Å². The monoisotopic (exact) mass is 325 g/mol. The summed E-state index contributed by atoms with van der Waals surface area (Å²) in [5.74, 6) is 0.323. The molecule has 6 heteroatoms. The summed E-state index contributed by atoms with van der Waals surface area (Å²) in [5, 5.41) is 0. The lowest BCUT2D eigenvalue weighted by molar-refractivity contribution is -0.137. The molecule has 0 saturated carbocycles. The third-order valence-electron chi connectivity index (χ3n) is 4.53. The number of halogens is 3. The third-order valence-corrected chi connectivity index (χ3v) is 4.53. The van der Waals surface area contributed by atoms with E-state index in [0.29, 0.717) is 36.4 Å². The standard InChI is InChI=1S/C17H18F3NO2/c1-10-15(21-8-4-5-14(21)22)12-9-11(17(18,19)20)6-7-13(12)23-16(10,2)3/h6-7,9H,4-5,8H2,1-3H3. The molecule has 0 N–H and O–H groups in total. The molecule has 3 rings (SSSR count). The van der Waals surface area contributed by atoms with Crippen molar-refractivity contribution in [2.45, 2.75) is 45.4 Å². The van der Waals surface area contributed by atoms with E-state index in [4.69, 9.17) is 4.74 Å². The number of fused-ring (bicyclic) bond motifs is 1. The highest BCUT2D eigenvalue weighted by Crippen LogP contribution is 2.45. The van der Waals surface area contributed by atoms with E-state index < -0.39 is 17.3 Å². The quantitative estimate of drug-likeness (QED) is 0.773. The second kappa shape index (κ2) is 5.01. The molecule has 0 spiro atoms. The second-order valence-electron chi connectivity index (χ2n) is 6.44. The zero-order valence-electron chi connectivity index (χ0n) is 13.3. The number of hydrogen-bond donors (Lipinski definition) is 0. The first-order chi connectivity index (χ1) is 10.6. The molecule has 0 aliphatic carbocycles. The van der Waals surface area contributed by atoms with Crippen molar-refractivity contribution in [1.82, 2.24) is 4.90 Å². The van der Waals surface area contributed by atoms with E-state index >= 15 is 0 Å². The van der Waals surface area contributed by atoms with Gasteiger partial charge in [-0.15, -0.1) is 0 Å². The molecule has 2 aliphatic rings. The van der Waals surface area contributed by atoms with Gasteiger partial charge in [0, 0.05) is 18.5 Å². The Morgan fingerprint density at radius 1 is 1.26 bits per heavy atom. The minimum absolute atomic E-state index is 0.0552. The van der Waals surface area contributed by atoms with Crippen LogP contribution in [-0.4, -0.2) is 23.0 Å². The van der Waals surface area contributed by atoms with Crippen molar-refractivity contribution in [2.75, 3.05) is 6.54 Å². The Balaban J connectivity index is 2.21. The highest BCUT2D eigenvalue weighted by atomic mass is 19.4. The van der Waals surface area contributed by atoms with Crippen LogP contribution in [0.15, 0.2) is 23.8 Å². The lowest BCUT2D eigenvalue weighted by Crippen LogP contribution is -2.38. The highest BCUT2D eigenvalue weighted by molar-refractivity contribution is 5.91. The number of carbonyl (C=O) groups excluding carboxylic acids is 1. The van der Waals surface area contributed by atoms with Gasteiger partial charge in [-0.25, -0.2) is 0 Å². The van der Waals surface area contributed by atoms with Crippen LogP contribution in [0.2, 0.25) is 0 Å². The molecule has 3 nitrogen and oxygen atoms in total. The van der Waals surface area contributed by atoms with Crippen LogP contribution in [0.4, 0.5) is 13.2 Å². The van der Waals surface area contributed by atoms with Gasteiger partial charge in [0.25, 0.3) is 0 Å². The Morgan fingerprint density at radius 2 is 1.96 bits per heavy atom. The van der Waals surface area contributed by atoms with Gasteiger partial charge in [0.2, 0.25) is 5.91 Å². The summed E-state index contributed by atoms with van der Waals surface area (Å²) < 4.78 is 45.0. The van der Waals surface area contributed by atoms with Crippen LogP contribution >= 0.6 is 0 Å². The van der Waals surface area contributed by atoms with Crippen LogP contribution in [0.5, 0.6) is 5.75 Å². The lowest BCUT2D eigenvalue weighted by Gasteiger charge is -2.38. The summed E-state index contributed by atoms with van der Waals surface area (Å²) in [6.07, 6.45) is -3.30. The van der Waals surface area contributed by atoms with Gasteiger partial charge in [-0.05, 0) is 51.0 Å². The van der Waals surface area contributed by atoms with Crippen molar-refractivity contribution >= 4 is 11.6 Å². The Hall–Kier alpha value is -1.98. The molecule has 0 atom stereocenters. The number of ether oxygens (including phenoxy) is 1. The molecule has 0 aromatic heterocycles. The number of benzene rings is 1. The number of amides is 1. The van der Waals surface area contributed by atoms with Gasteiger partial charge in [-0.1, -0.05) is 0 Å². The predicted octanol–water partition coefficient (Wildman–Crippen LogP) is 4.23. The van der Waals surface area contributed by atoms with Gasteiger partial charge in [-0.3, -0.25) is 4.79 Å². The minimum Gasteiger partial charge on any atom is -0.483 e. The van der Waals surface area contributed by atoms with E-state index in [1.165, 1.54) is 6.07 Å². The summed E-state index contributed by atoms with van der Waals surface area (Å²) in [7, 11) is 0. The maximum Gasteiger partial charge on any atom is 0.416 e. The molecule has 0 unspecified atom stereocenters. The maximum absolute atomic E-state index is 13.1. The molecule has 1 aromatic carbocycles. The van der Waals surface area contributed by atoms with E-state index in [0.717, 1.165) is 17.7 Å². The summed E-state index contributed by atoms with van der Waals surface area (Å²) in [5.41, 5.74) is 0.248. The SMILES string of the molecule is CC1=C(N2CCCC2=O)c2cc(C(F)(F)F)ccc2OC1(C)C. The van der Waals surface area contributed by atoms with Crippen molar-refractivity contribution < 1.29 is 22.7 Å². The van der Waals surface area contributed by atoms with Crippen molar-refractivity contribution in [3.63, 3.8) is 0 Å². The van der Waals surface area contributed by atoms with E-state index in [9.17, 15) is 18.0 Å². The maximum atomic E-state index is 13.1. The van der Waals surface area contributed by atoms with Gasteiger partial charge in [0.15, 0.2) is 0 Å². The van der Waals surface area contributed by atoms with E-state index in [2.05, 4.69) is 0 Å². The molecule has 0 bridgehead atoms. The van der Waals surface area contributed by atoms with Crippen LogP contribution in [0.25, 0.3) is 5.70 Å². The Morgan fingerprint density at radius 3 is 2.52 bits per heavy atom. The van der Waals surface area contributed by atoms with Crippen LogP contribution in [0.1, 0.15) is 44.7 Å². The number of likely N-dealkylation sites (tertiary alicyclic amines) is 1. The fraction of sp³-hybridized carbons (Fsp3) is 0.471. The Bertz CT molecular complexity index is 704. The predicted molar refractivity (Wildman–Crippen MR) is 79.7 cm³/mol. The average molecular weight is 325 g/mol. The van der Waals surface area contributed by atoms with Gasteiger partial charge < -0.3 is 9.64 Å². The molecule has 1 amide bonds. The van der Waals surface area contributed by atoms with Gasteiger partial charge in [-0.2, -0.15) is 13.2 Å². The molecule has 23 heavy (non-hydrogen) atoms. The first-order valence-electron chi connectivity index (χ1n) is 7.53. The number of nitrogens with zero attached hydrogens (tertiary/aromatic N) is 1. The summed E-state index contributed by atoms with van der Waals surface area (Å²) >= 11 is 0. The molecule has 1 fully saturated rings. The van der Waals surface area contributed by atoms with Crippen molar-refractivity contribution in [1.29, 1.82) is 0 Å². The number of hydrogen-bond acceptors (Lipinski definition) is 2. The molecule has 0 radical (unpaired) electrons. The van der Waals surface area contributed by atoms with Crippen molar-refractivity contribution in [2.24, 2.45) is 0 Å². The lowest BCUT2D eigenvalue weighted by atomic mass is 9.89. The second-order valence-corrected chi connectivity index (χ2v) is 6.44. The fourth-order valence-corrected chi connectivity index (χ4v) is 3.05. The first kappa shape index (κ1) is 15.9. The van der Waals surface area contributed by atoms with Crippen molar-refractivity contribution in [3.05, 3.63) is 34.9 Å². The molecule has 1 aromatic rings. The average Bonchev–Trinajstić information content (AvgIpc) is 2.84. The number of alkyl halides is 3. The molecule has 1 saturated heterocycles. The van der Waals surface area contributed by atoms with Crippen molar-refractivity contribution in [3.8, 4) is 5.75 Å².